The standard InChI is InChI=1S/C13H17NO5S/c15-11-3-1-9(2-4-11)7-12(13(16)17)14-10-5-6-20(18,19)8-10/h1-4,10,12,14-15H,5-8H2,(H,16,17)/t10-,12+/m1/s1. The first kappa shape index (κ1) is 14.8. The number of quaternary nitrogens is 1. The third-order valence-electron chi connectivity index (χ3n) is 3.47. The van der Waals surface area contributed by atoms with Crippen LogP contribution in [-0.2, 0) is 21.1 Å². The summed E-state index contributed by atoms with van der Waals surface area (Å²) in [7, 11) is -3.02. The van der Waals surface area contributed by atoms with Gasteiger partial charge in [0.05, 0.1) is 11.7 Å². The molecule has 20 heavy (non-hydrogen) atoms. The van der Waals surface area contributed by atoms with Crippen molar-refractivity contribution in [3.63, 3.8) is 0 Å². The molecule has 1 aromatic rings. The highest BCUT2D eigenvalue weighted by Crippen LogP contribution is 2.11. The number of rotatable bonds is 5. The molecule has 1 saturated heterocycles. The van der Waals surface area contributed by atoms with E-state index in [2.05, 4.69) is 0 Å². The summed E-state index contributed by atoms with van der Waals surface area (Å²) in [6.07, 6.45) is 0.709. The van der Waals surface area contributed by atoms with Crippen LogP contribution in [0.3, 0.4) is 0 Å². The van der Waals surface area contributed by atoms with Crippen LogP contribution in [0.2, 0.25) is 0 Å². The molecule has 3 N–H and O–H groups in total. The highest BCUT2D eigenvalue weighted by Gasteiger charge is 2.32. The van der Waals surface area contributed by atoms with Gasteiger partial charge in [0.15, 0.2) is 9.84 Å². The number of nitrogens with two attached hydrogens (primary N) is 1. The SMILES string of the molecule is O=C([O-])[C@H](Cc1ccc(O)cc1)[NH2+][C@@H]1CCS(=O)(=O)C1. The maximum Gasteiger partial charge on any atom is 0.156 e. The molecular weight excluding hydrogens is 282 g/mol. The Kier molecular flexibility index (Phi) is 4.29. The Hall–Kier alpha value is -1.60. The quantitative estimate of drug-likeness (QED) is 0.641. The number of sulfone groups is 1. The molecule has 1 aliphatic heterocycles. The van der Waals surface area contributed by atoms with Gasteiger partial charge in [0, 0.05) is 12.8 Å². The zero-order valence-electron chi connectivity index (χ0n) is 10.9. The largest absolute Gasteiger partial charge is 0.544 e. The molecular formula is C13H17NO5S. The molecule has 1 fully saturated rings. The van der Waals surface area contributed by atoms with Crippen molar-refractivity contribution >= 4 is 15.8 Å². The van der Waals surface area contributed by atoms with Crippen molar-refractivity contribution in [1.29, 1.82) is 0 Å². The van der Waals surface area contributed by atoms with Crippen molar-refractivity contribution in [3.8, 4) is 5.75 Å². The molecule has 1 aliphatic rings. The number of phenolic OH excluding ortho intramolecular Hbond substituents is 1. The van der Waals surface area contributed by atoms with Crippen LogP contribution >= 0.6 is 0 Å². The fourth-order valence-corrected chi connectivity index (χ4v) is 4.18. The lowest BCUT2D eigenvalue weighted by atomic mass is 10.0. The third-order valence-corrected chi connectivity index (χ3v) is 5.26. The maximum atomic E-state index is 11.4. The normalized spacial score (nSPS) is 22.5. The number of benzene rings is 1. The van der Waals surface area contributed by atoms with Crippen LogP contribution in [-0.4, -0.2) is 43.1 Å². The minimum Gasteiger partial charge on any atom is -0.544 e. The van der Waals surface area contributed by atoms with E-state index in [1.807, 2.05) is 0 Å². The molecule has 0 aliphatic carbocycles. The van der Waals surface area contributed by atoms with Gasteiger partial charge in [0.1, 0.15) is 23.6 Å². The summed E-state index contributed by atoms with van der Waals surface area (Å²) >= 11 is 0. The van der Waals surface area contributed by atoms with Gasteiger partial charge in [-0.15, -0.1) is 0 Å². The number of carbonyl (C=O) groups is 1. The number of hydrogen-bond acceptors (Lipinski definition) is 5. The first-order valence-corrected chi connectivity index (χ1v) is 8.22. The molecule has 0 unspecified atom stereocenters. The summed E-state index contributed by atoms with van der Waals surface area (Å²) in [4.78, 5) is 11.2. The monoisotopic (exact) mass is 299 g/mol. The molecule has 110 valence electrons. The van der Waals surface area contributed by atoms with Gasteiger partial charge >= 0.3 is 0 Å². The molecule has 2 rings (SSSR count). The Labute approximate surface area is 117 Å². The van der Waals surface area contributed by atoms with Crippen molar-refractivity contribution in [2.75, 3.05) is 11.5 Å². The number of carboxylic acids is 1. The molecule has 0 spiro atoms. The lowest BCUT2D eigenvalue weighted by Crippen LogP contribution is -2.98. The van der Waals surface area contributed by atoms with Crippen molar-refractivity contribution in [2.45, 2.75) is 24.9 Å². The van der Waals surface area contributed by atoms with Crippen LogP contribution in [0, 0.1) is 0 Å². The van der Waals surface area contributed by atoms with Gasteiger partial charge in [-0.1, -0.05) is 12.1 Å². The molecule has 2 atom stereocenters. The van der Waals surface area contributed by atoms with Gasteiger partial charge in [-0.25, -0.2) is 8.42 Å². The zero-order valence-corrected chi connectivity index (χ0v) is 11.7. The minimum atomic E-state index is -3.02. The van der Waals surface area contributed by atoms with E-state index >= 15 is 0 Å². The lowest BCUT2D eigenvalue weighted by molar-refractivity contribution is -0.710. The van der Waals surface area contributed by atoms with Crippen LogP contribution in [0.15, 0.2) is 24.3 Å². The number of carbonyl (C=O) groups excluding carboxylic acids is 1. The van der Waals surface area contributed by atoms with E-state index in [-0.39, 0.29) is 29.7 Å². The van der Waals surface area contributed by atoms with Crippen molar-refractivity contribution in [2.24, 2.45) is 0 Å². The van der Waals surface area contributed by atoms with E-state index in [0.717, 1.165) is 5.56 Å². The third kappa shape index (κ3) is 3.94. The van der Waals surface area contributed by atoms with Crippen LogP contribution in [0.5, 0.6) is 5.75 Å². The first-order valence-electron chi connectivity index (χ1n) is 6.40. The van der Waals surface area contributed by atoms with Gasteiger partial charge in [0.2, 0.25) is 0 Å². The number of aromatic hydroxyl groups is 1. The summed E-state index contributed by atoms with van der Waals surface area (Å²) in [5.74, 6) is -0.952. The van der Waals surface area contributed by atoms with Crippen LogP contribution in [0.4, 0.5) is 0 Å². The van der Waals surface area contributed by atoms with E-state index in [4.69, 9.17) is 0 Å². The average molecular weight is 299 g/mol. The van der Waals surface area contributed by atoms with Gasteiger partial charge in [-0.3, -0.25) is 0 Å². The average Bonchev–Trinajstić information content (AvgIpc) is 2.70. The topological polar surface area (TPSA) is 111 Å². The molecule has 1 aromatic carbocycles. The summed E-state index contributed by atoms with van der Waals surface area (Å²) in [6.45, 7) is 0. The fourth-order valence-electron chi connectivity index (χ4n) is 2.42. The van der Waals surface area contributed by atoms with E-state index < -0.39 is 21.8 Å². The number of carboxylic acid groups (broad SMARTS) is 1. The summed E-state index contributed by atoms with van der Waals surface area (Å²) < 4.78 is 22.8. The van der Waals surface area contributed by atoms with Gasteiger partial charge in [-0.2, -0.15) is 0 Å². The maximum absolute atomic E-state index is 11.4. The van der Waals surface area contributed by atoms with Crippen LogP contribution < -0.4 is 10.4 Å². The van der Waals surface area contributed by atoms with Gasteiger partial charge < -0.3 is 20.3 Å². The Bertz CT molecular complexity index is 581. The number of aliphatic carboxylic acids is 1. The minimum absolute atomic E-state index is 0.0202. The summed E-state index contributed by atoms with van der Waals surface area (Å²) in [5.41, 5.74) is 0.758. The number of hydrogen-bond donors (Lipinski definition) is 2. The van der Waals surface area contributed by atoms with E-state index in [9.17, 15) is 23.4 Å². The second-order valence-electron chi connectivity index (χ2n) is 5.15. The Morgan fingerprint density at radius 2 is 2.05 bits per heavy atom. The molecule has 0 saturated carbocycles. The zero-order chi connectivity index (χ0) is 14.8. The van der Waals surface area contributed by atoms with Crippen molar-refractivity contribution < 1.29 is 28.7 Å². The molecule has 0 radical (unpaired) electrons. The van der Waals surface area contributed by atoms with Crippen molar-refractivity contribution in [1.82, 2.24) is 0 Å². The second-order valence-corrected chi connectivity index (χ2v) is 7.38. The van der Waals surface area contributed by atoms with Crippen LogP contribution in [0.25, 0.3) is 0 Å². The molecule has 0 amide bonds. The van der Waals surface area contributed by atoms with E-state index in [1.54, 1.807) is 17.4 Å². The lowest BCUT2D eigenvalue weighted by Gasteiger charge is -2.20. The molecule has 7 heteroatoms. The van der Waals surface area contributed by atoms with Crippen LogP contribution in [0.1, 0.15) is 12.0 Å². The fraction of sp³-hybridized carbons (Fsp3) is 0.462. The molecule has 1 heterocycles. The van der Waals surface area contributed by atoms with Crippen molar-refractivity contribution in [3.05, 3.63) is 29.8 Å². The Morgan fingerprint density at radius 3 is 2.55 bits per heavy atom. The van der Waals surface area contributed by atoms with Gasteiger partial charge in [-0.05, 0) is 17.7 Å². The highest BCUT2D eigenvalue weighted by atomic mass is 32.2. The highest BCUT2D eigenvalue weighted by molar-refractivity contribution is 7.91. The summed E-state index contributed by atoms with van der Waals surface area (Å²) in [6, 6.07) is 5.22. The van der Waals surface area contributed by atoms with E-state index in [1.165, 1.54) is 12.1 Å². The van der Waals surface area contributed by atoms with E-state index in [0.29, 0.717) is 6.42 Å². The van der Waals surface area contributed by atoms with Gasteiger partial charge in [0.25, 0.3) is 0 Å². The molecule has 6 nitrogen and oxygen atoms in total. The summed E-state index contributed by atoms with van der Waals surface area (Å²) in [5, 5.41) is 21.9. The Balaban J connectivity index is 2.01. The number of phenols is 1. The smallest absolute Gasteiger partial charge is 0.156 e. The predicted molar refractivity (Wildman–Crippen MR) is 69.6 cm³/mol. The Morgan fingerprint density at radius 1 is 1.40 bits per heavy atom. The molecule has 0 aromatic heterocycles. The first-order chi connectivity index (χ1) is 9.35. The second kappa shape index (κ2) is 5.80. The predicted octanol–water partition coefficient (Wildman–Crippen LogP) is -2.20. The molecule has 0 bridgehead atoms.